The van der Waals surface area contributed by atoms with Crippen molar-refractivity contribution in [1.82, 2.24) is 5.32 Å². The van der Waals surface area contributed by atoms with E-state index >= 15 is 0 Å². The Morgan fingerprint density at radius 2 is 2.24 bits per heavy atom. The molecule has 1 aliphatic rings. The Labute approximate surface area is 127 Å². The summed E-state index contributed by atoms with van der Waals surface area (Å²) in [6, 6.07) is 8.48. The number of hydrogen-bond acceptors (Lipinski definition) is 4. The van der Waals surface area contributed by atoms with Crippen molar-refractivity contribution in [2.24, 2.45) is 4.99 Å². The number of aromatic nitrogens is 1. The number of nitrogens with one attached hydrogen (secondary N) is 3. The van der Waals surface area contributed by atoms with Crippen LogP contribution in [0.1, 0.15) is 16.0 Å². The number of aromatic amines is 1. The predicted octanol–water partition coefficient (Wildman–Crippen LogP) is 1.40. The average molecular weight is 301 g/mol. The number of carbonyl (C=O) groups excluding carboxylic acids is 1. The van der Waals surface area contributed by atoms with Gasteiger partial charge in [-0.25, -0.2) is 9.78 Å². The first-order valence-electron chi connectivity index (χ1n) is 6.86. The van der Waals surface area contributed by atoms with E-state index in [-0.39, 0.29) is 5.91 Å². The summed E-state index contributed by atoms with van der Waals surface area (Å²) in [7, 11) is 0. The number of amidine groups is 1. The number of thiazole rings is 1. The van der Waals surface area contributed by atoms with E-state index in [2.05, 4.69) is 51.8 Å². The number of benzene rings is 1. The zero-order chi connectivity index (χ0) is 14.7. The highest BCUT2D eigenvalue weighted by atomic mass is 32.1. The molecular formula is C15H17N4OS+. The quantitative estimate of drug-likeness (QED) is 0.896. The van der Waals surface area contributed by atoms with Crippen molar-refractivity contribution in [3.05, 3.63) is 46.5 Å². The Morgan fingerprint density at radius 3 is 2.95 bits per heavy atom. The van der Waals surface area contributed by atoms with Crippen molar-refractivity contribution in [3.63, 3.8) is 0 Å². The third kappa shape index (κ3) is 3.46. The highest BCUT2D eigenvalue weighted by Gasteiger charge is 2.21. The first-order valence-corrected chi connectivity index (χ1v) is 7.68. The maximum atomic E-state index is 11.9. The second-order valence-corrected chi connectivity index (χ2v) is 6.10. The molecule has 0 saturated carbocycles. The molecule has 2 heterocycles. The predicted molar refractivity (Wildman–Crippen MR) is 83.8 cm³/mol. The van der Waals surface area contributed by atoms with Gasteiger partial charge in [-0.2, -0.15) is 5.32 Å². The number of carbonyl (C=O) groups is 1. The minimum atomic E-state index is -0.188. The fourth-order valence-electron chi connectivity index (χ4n) is 2.10. The summed E-state index contributed by atoms with van der Waals surface area (Å²) in [4.78, 5) is 20.3. The van der Waals surface area contributed by atoms with Gasteiger partial charge in [0, 0.05) is 13.0 Å². The van der Waals surface area contributed by atoms with Gasteiger partial charge in [-0.1, -0.05) is 41.2 Å². The summed E-state index contributed by atoms with van der Waals surface area (Å²) in [6.45, 7) is 3.47. The van der Waals surface area contributed by atoms with E-state index in [1.165, 1.54) is 16.0 Å². The Kier molecular flexibility index (Phi) is 3.96. The van der Waals surface area contributed by atoms with Crippen LogP contribution in [0.2, 0.25) is 0 Å². The van der Waals surface area contributed by atoms with E-state index < -0.39 is 0 Å². The summed E-state index contributed by atoms with van der Waals surface area (Å²) in [5.41, 5.74) is 2.52. The fraction of sp³-hybridized carbons (Fsp3) is 0.267. The molecule has 5 nitrogen and oxygen atoms in total. The lowest BCUT2D eigenvalue weighted by atomic mass is 10.1. The highest BCUT2D eigenvalue weighted by molar-refractivity contribution is 7.15. The summed E-state index contributed by atoms with van der Waals surface area (Å²) < 4.78 is 0. The first kappa shape index (κ1) is 13.8. The van der Waals surface area contributed by atoms with Crippen LogP contribution in [0.15, 0.2) is 35.5 Å². The molecule has 0 spiro atoms. The summed E-state index contributed by atoms with van der Waals surface area (Å²) in [5.74, 6) is 0.226. The van der Waals surface area contributed by atoms with Gasteiger partial charge in [0.15, 0.2) is 0 Å². The smallest absolute Gasteiger partial charge is 0.362 e. The molecule has 21 heavy (non-hydrogen) atoms. The standard InChI is InChI=1S/C15H16N4OS/c1-10-2-4-11(5-3-10)8-12-9-18-15(21-12)19-14(20)13-16-6-7-17-13/h2-5,9H,6-8H2,1H3,(H,16,17)(H,18,19,20)/p+1. The number of H-pyrrole nitrogens is 1. The SMILES string of the molecule is Cc1ccc(Cc2c[nH+]c(NC(=O)C3=NCCN3)s2)cc1. The van der Waals surface area contributed by atoms with E-state index in [0.717, 1.165) is 18.1 Å². The molecule has 2 aromatic rings. The van der Waals surface area contributed by atoms with E-state index in [0.29, 0.717) is 12.4 Å². The molecule has 0 radical (unpaired) electrons. The van der Waals surface area contributed by atoms with E-state index in [1.807, 2.05) is 6.20 Å². The number of aryl methyl sites for hydroxylation is 1. The normalized spacial score (nSPS) is 13.7. The third-order valence-electron chi connectivity index (χ3n) is 3.21. The molecule has 0 fully saturated rings. The van der Waals surface area contributed by atoms with Crippen LogP contribution in [0.3, 0.4) is 0 Å². The fourth-order valence-corrected chi connectivity index (χ4v) is 2.98. The molecule has 1 amide bonds. The zero-order valence-corrected chi connectivity index (χ0v) is 12.6. The lowest BCUT2D eigenvalue weighted by Gasteiger charge is -1.98. The monoisotopic (exact) mass is 301 g/mol. The van der Waals surface area contributed by atoms with Crippen molar-refractivity contribution in [3.8, 4) is 0 Å². The molecular weight excluding hydrogens is 284 g/mol. The molecule has 0 atom stereocenters. The van der Waals surface area contributed by atoms with Gasteiger partial charge < -0.3 is 5.32 Å². The molecule has 3 N–H and O–H groups in total. The van der Waals surface area contributed by atoms with Gasteiger partial charge in [0.25, 0.3) is 0 Å². The maximum Gasteiger partial charge on any atom is 0.374 e. The Morgan fingerprint density at radius 1 is 1.43 bits per heavy atom. The van der Waals surface area contributed by atoms with Gasteiger partial charge in [0.05, 0.1) is 11.4 Å². The molecule has 0 aliphatic carbocycles. The summed E-state index contributed by atoms with van der Waals surface area (Å²) in [6.07, 6.45) is 2.79. The number of amides is 1. The van der Waals surface area contributed by atoms with Crippen LogP contribution in [-0.2, 0) is 11.2 Å². The molecule has 0 saturated heterocycles. The van der Waals surface area contributed by atoms with Gasteiger partial charge in [-0.05, 0) is 12.5 Å². The van der Waals surface area contributed by atoms with Crippen LogP contribution >= 0.6 is 11.3 Å². The molecule has 1 aromatic carbocycles. The van der Waals surface area contributed by atoms with Gasteiger partial charge in [-0.3, -0.25) is 4.99 Å². The van der Waals surface area contributed by atoms with E-state index in [4.69, 9.17) is 0 Å². The van der Waals surface area contributed by atoms with Crippen LogP contribution in [0, 0.1) is 6.92 Å². The molecule has 6 heteroatoms. The van der Waals surface area contributed by atoms with Crippen molar-refractivity contribution in [2.45, 2.75) is 13.3 Å². The second-order valence-electron chi connectivity index (χ2n) is 4.96. The van der Waals surface area contributed by atoms with Crippen molar-refractivity contribution in [2.75, 3.05) is 18.4 Å². The lowest BCUT2D eigenvalue weighted by Crippen LogP contribution is -2.33. The topological polar surface area (TPSA) is 67.6 Å². The van der Waals surface area contributed by atoms with Gasteiger partial charge >= 0.3 is 11.0 Å². The largest absolute Gasteiger partial charge is 0.374 e. The minimum Gasteiger partial charge on any atom is -0.362 e. The summed E-state index contributed by atoms with van der Waals surface area (Å²) in [5, 5.41) is 6.52. The second kappa shape index (κ2) is 6.05. The van der Waals surface area contributed by atoms with Crippen molar-refractivity contribution >= 4 is 28.2 Å². The number of nitrogens with zero attached hydrogens (tertiary/aromatic N) is 1. The third-order valence-corrected chi connectivity index (χ3v) is 4.16. The number of hydrogen-bond donors (Lipinski definition) is 2. The molecule has 3 rings (SSSR count). The Hall–Kier alpha value is -2.21. The van der Waals surface area contributed by atoms with Crippen LogP contribution < -0.4 is 15.6 Å². The zero-order valence-electron chi connectivity index (χ0n) is 11.8. The molecule has 0 unspecified atom stereocenters. The lowest BCUT2D eigenvalue weighted by molar-refractivity contribution is -0.354. The number of anilines is 1. The Bertz CT molecular complexity index is 675. The number of aliphatic imine (C=N–C) groups is 1. The van der Waals surface area contributed by atoms with Crippen molar-refractivity contribution in [1.29, 1.82) is 0 Å². The molecule has 108 valence electrons. The van der Waals surface area contributed by atoms with Gasteiger partial charge in [-0.15, -0.1) is 0 Å². The summed E-state index contributed by atoms with van der Waals surface area (Å²) >= 11 is 1.55. The van der Waals surface area contributed by atoms with Crippen LogP contribution in [0.5, 0.6) is 0 Å². The van der Waals surface area contributed by atoms with Gasteiger partial charge in [0.1, 0.15) is 6.20 Å². The highest BCUT2D eigenvalue weighted by Crippen LogP contribution is 2.18. The molecule has 1 aromatic heterocycles. The first-order chi connectivity index (χ1) is 10.2. The average Bonchev–Trinajstić information content (AvgIpc) is 3.13. The van der Waals surface area contributed by atoms with Crippen LogP contribution in [-0.4, -0.2) is 24.8 Å². The maximum absolute atomic E-state index is 11.9. The van der Waals surface area contributed by atoms with E-state index in [1.54, 1.807) is 11.3 Å². The van der Waals surface area contributed by atoms with Crippen molar-refractivity contribution < 1.29 is 9.78 Å². The molecule has 0 bridgehead atoms. The van der Waals surface area contributed by atoms with Gasteiger partial charge in [0.2, 0.25) is 5.84 Å². The van der Waals surface area contributed by atoms with E-state index in [9.17, 15) is 4.79 Å². The minimum absolute atomic E-state index is 0.188. The molecule has 1 aliphatic heterocycles. The number of rotatable bonds is 4. The van der Waals surface area contributed by atoms with Crippen LogP contribution in [0.25, 0.3) is 0 Å². The van der Waals surface area contributed by atoms with Crippen LogP contribution in [0.4, 0.5) is 5.13 Å². The Balaban J connectivity index is 1.63.